The Morgan fingerprint density at radius 2 is 1.05 bits per heavy atom. The van der Waals surface area contributed by atoms with Crippen molar-refractivity contribution in [2.24, 2.45) is 0 Å². The molecule has 0 atom stereocenters. The van der Waals surface area contributed by atoms with E-state index in [1.165, 1.54) is 44.3 Å². The molecule has 0 aliphatic heterocycles. The van der Waals surface area contributed by atoms with Gasteiger partial charge in [-0.2, -0.15) is 0 Å². The Bertz CT molecular complexity index is 1850. The van der Waals surface area contributed by atoms with Gasteiger partial charge in [-0.05, 0) is 69.5 Å². The molecule has 2 heteroatoms. The van der Waals surface area contributed by atoms with E-state index in [1.807, 2.05) is 0 Å². The van der Waals surface area contributed by atoms with E-state index in [9.17, 15) is 0 Å². The molecule has 0 aliphatic carbocycles. The number of benzene rings is 5. The van der Waals surface area contributed by atoms with Crippen LogP contribution in [-0.2, 0) is 10.8 Å². The predicted octanol–water partition coefficient (Wildman–Crippen LogP) is 11.3. The molecule has 1 aromatic heterocycles. The summed E-state index contributed by atoms with van der Waals surface area (Å²) in [4.78, 5) is 0. The number of nitrogens with zero attached hydrogens (tertiary/aromatic N) is 1. The average Bonchev–Trinajstić information content (AvgIpc) is 3.34. The molecular formula is C40H40N2. The van der Waals surface area contributed by atoms with Crippen LogP contribution in [0.15, 0.2) is 127 Å². The van der Waals surface area contributed by atoms with Crippen molar-refractivity contribution in [1.29, 1.82) is 0 Å². The normalized spacial score (nSPS) is 12.0. The molecule has 1 heterocycles. The van der Waals surface area contributed by atoms with Crippen molar-refractivity contribution in [2.75, 3.05) is 5.32 Å². The average molecular weight is 549 g/mol. The van der Waals surface area contributed by atoms with E-state index >= 15 is 0 Å². The van der Waals surface area contributed by atoms with Crippen LogP contribution < -0.4 is 5.32 Å². The maximum Gasteiger partial charge on any atom is 0.116 e. The zero-order valence-corrected chi connectivity index (χ0v) is 25.6. The Morgan fingerprint density at radius 3 is 1.69 bits per heavy atom. The molecule has 0 amide bonds. The first-order valence-electron chi connectivity index (χ1n) is 14.9. The highest BCUT2D eigenvalue weighted by Crippen LogP contribution is 2.40. The molecule has 5 aromatic carbocycles. The number of hydrogen-bond donors (Lipinski definition) is 1. The van der Waals surface area contributed by atoms with Crippen LogP contribution in [0.3, 0.4) is 0 Å². The molecule has 0 radical (unpaired) electrons. The number of aromatic nitrogens is 1. The number of hydrogen-bond acceptors (Lipinski definition) is 1. The summed E-state index contributed by atoms with van der Waals surface area (Å²) in [5.41, 5.74) is 11.0. The fourth-order valence-electron chi connectivity index (χ4n) is 5.68. The van der Waals surface area contributed by atoms with Crippen LogP contribution in [-0.4, -0.2) is 4.57 Å². The first-order valence-corrected chi connectivity index (χ1v) is 14.9. The Kier molecular flexibility index (Phi) is 7.02. The largest absolute Gasteiger partial charge is 0.341 e. The summed E-state index contributed by atoms with van der Waals surface area (Å²) in [6, 6.07) is 46.1. The van der Waals surface area contributed by atoms with Crippen LogP contribution in [0, 0.1) is 0 Å². The lowest BCUT2D eigenvalue weighted by Crippen LogP contribution is -2.11. The second-order valence-electron chi connectivity index (χ2n) is 13.3. The summed E-state index contributed by atoms with van der Waals surface area (Å²) in [5, 5.41) is 5.13. The van der Waals surface area contributed by atoms with Crippen molar-refractivity contribution in [3.63, 3.8) is 0 Å². The Morgan fingerprint density at radius 1 is 0.500 bits per heavy atom. The van der Waals surface area contributed by atoms with Crippen molar-refractivity contribution in [3.8, 4) is 27.9 Å². The summed E-state index contributed by atoms with van der Waals surface area (Å²) in [7, 11) is 0. The molecular weight excluding hydrogens is 508 g/mol. The van der Waals surface area contributed by atoms with Crippen LogP contribution in [0.25, 0.3) is 38.8 Å². The molecule has 0 fully saturated rings. The third-order valence-electron chi connectivity index (χ3n) is 8.13. The minimum atomic E-state index is 0.0505. The van der Waals surface area contributed by atoms with E-state index in [0.717, 1.165) is 17.2 Å². The fraction of sp³-hybridized carbons (Fsp3) is 0.200. The van der Waals surface area contributed by atoms with Crippen molar-refractivity contribution in [3.05, 3.63) is 139 Å². The molecule has 42 heavy (non-hydrogen) atoms. The van der Waals surface area contributed by atoms with E-state index in [-0.39, 0.29) is 10.8 Å². The molecule has 0 saturated heterocycles. The lowest BCUT2D eigenvalue weighted by atomic mass is 9.85. The van der Waals surface area contributed by atoms with Crippen LogP contribution in [0.2, 0.25) is 0 Å². The van der Waals surface area contributed by atoms with Gasteiger partial charge in [-0.25, -0.2) is 0 Å². The monoisotopic (exact) mass is 548 g/mol. The maximum atomic E-state index is 3.91. The van der Waals surface area contributed by atoms with Gasteiger partial charge in [-0.1, -0.05) is 133 Å². The second kappa shape index (κ2) is 10.7. The van der Waals surface area contributed by atoms with Crippen molar-refractivity contribution >= 4 is 22.4 Å². The van der Waals surface area contributed by atoms with Gasteiger partial charge in [0.1, 0.15) is 5.82 Å². The van der Waals surface area contributed by atoms with Gasteiger partial charge in [0.2, 0.25) is 0 Å². The third-order valence-corrected chi connectivity index (χ3v) is 8.13. The first-order chi connectivity index (χ1) is 20.1. The Labute approximate surface area is 250 Å². The highest BCUT2D eigenvalue weighted by atomic mass is 15.1. The number of para-hydroxylation sites is 1. The van der Waals surface area contributed by atoms with Gasteiger partial charge in [0.25, 0.3) is 0 Å². The third kappa shape index (κ3) is 5.37. The van der Waals surface area contributed by atoms with E-state index in [2.05, 4.69) is 179 Å². The highest BCUT2D eigenvalue weighted by molar-refractivity contribution is 5.92. The molecule has 210 valence electrons. The molecule has 6 aromatic rings. The van der Waals surface area contributed by atoms with E-state index in [0.29, 0.717) is 0 Å². The van der Waals surface area contributed by atoms with Gasteiger partial charge in [0, 0.05) is 22.2 Å². The zero-order chi connectivity index (χ0) is 29.5. The number of rotatable bonds is 5. The second-order valence-corrected chi connectivity index (χ2v) is 13.3. The standard InChI is InChI=1S/C40H40N2/c1-39(2,3)31-22-24-36-30(25-31)26-38(42(36)37-20-14-13-19-33(37)28-15-9-7-10-16-28)41-35-23-21-32(40(4,5)6)27-34(35)29-17-11-8-12-18-29/h7-27,41H,1-6H3. The van der Waals surface area contributed by atoms with Crippen LogP contribution >= 0.6 is 0 Å². The van der Waals surface area contributed by atoms with Crippen LogP contribution in [0.5, 0.6) is 0 Å². The highest BCUT2D eigenvalue weighted by Gasteiger charge is 2.21. The Balaban J connectivity index is 1.59. The summed E-state index contributed by atoms with van der Waals surface area (Å²) in [6.07, 6.45) is 0. The zero-order valence-electron chi connectivity index (χ0n) is 25.6. The summed E-state index contributed by atoms with van der Waals surface area (Å²) in [5.74, 6) is 1.04. The molecule has 0 spiro atoms. The molecule has 0 unspecified atom stereocenters. The van der Waals surface area contributed by atoms with Gasteiger partial charge >= 0.3 is 0 Å². The SMILES string of the molecule is CC(C)(C)c1ccc(Nc2cc3cc(C(C)(C)C)ccc3n2-c2ccccc2-c2ccccc2)c(-c2ccccc2)c1. The molecule has 0 aliphatic rings. The van der Waals surface area contributed by atoms with E-state index in [4.69, 9.17) is 0 Å². The van der Waals surface area contributed by atoms with Gasteiger partial charge in [-0.3, -0.25) is 4.57 Å². The lowest BCUT2D eigenvalue weighted by Gasteiger charge is -2.23. The number of anilines is 2. The Hall–Kier alpha value is -4.56. The van der Waals surface area contributed by atoms with Gasteiger partial charge in [0.05, 0.1) is 11.2 Å². The van der Waals surface area contributed by atoms with Gasteiger partial charge < -0.3 is 5.32 Å². The van der Waals surface area contributed by atoms with Gasteiger partial charge in [0.15, 0.2) is 0 Å². The van der Waals surface area contributed by atoms with Crippen molar-refractivity contribution < 1.29 is 0 Å². The first kappa shape index (κ1) is 27.6. The lowest BCUT2D eigenvalue weighted by molar-refractivity contribution is 0.590. The van der Waals surface area contributed by atoms with E-state index < -0.39 is 0 Å². The molecule has 1 N–H and O–H groups in total. The summed E-state index contributed by atoms with van der Waals surface area (Å²) >= 11 is 0. The predicted molar refractivity (Wildman–Crippen MR) is 181 cm³/mol. The molecule has 6 rings (SSSR count). The molecule has 0 saturated carbocycles. The minimum Gasteiger partial charge on any atom is -0.341 e. The number of fused-ring (bicyclic) bond motifs is 1. The summed E-state index contributed by atoms with van der Waals surface area (Å²) in [6.45, 7) is 13.6. The fourth-order valence-corrected chi connectivity index (χ4v) is 5.68. The summed E-state index contributed by atoms with van der Waals surface area (Å²) < 4.78 is 2.39. The number of nitrogens with one attached hydrogen (secondary N) is 1. The van der Waals surface area contributed by atoms with Crippen molar-refractivity contribution in [1.82, 2.24) is 4.57 Å². The quantitative estimate of drug-likeness (QED) is 0.227. The van der Waals surface area contributed by atoms with Crippen molar-refractivity contribution in [2.45, 2.75) is 52.4 Å². The minimum absolute atomic E-state index is 0.0505. The van der Waals surface area contributed by atoms with Crippen LogP contribution in [0.1, 0.15) is 52.7 Å². The van der Waals surface area contributed by atoms with Gasteiger partial charge in [-0.15, -0.1) is 0 Å². The van der Waals surface area contributed by atoms with Crippen LogP contribution in [0.4, 0.5) is 11.5 Å². The topological polar surface area (TPSA) is 17.0 Å². The molecule has 2 nitrogen and oxygen atoms in total. The van der Waals surface area contributed by atoms with E-state index in [1.54, 1.807) is 0 Å². The smallest absolute Gasteiger partial charge is 0.116 e. The molecule has 0 bridgehead atoms. The maximum absolute atomic E-state index is 3.91.